The van der Waals surface area contributed by atoms with Crippen LogP contribution >= 0.6 is 11.6 Å². The highest BCUT2D eigenvalue weighted by molar-refractivity contribution is 6.30. The van der Waals surface area contributed by atoms with Gasteiger partial charge in [0.05, 0.1) is 20.3 Å². The first-order chi connectivity index (χ1) is 13.0. The summed E-state index contributed by atoms with van der Waals surface area (Å²) >= 11 is 6.35. The second-order valence-electron chi connectivity index (χ2n) is 6.79. The lowest BCUT2D eigenvalue weighted by Gasteiger charge is -2.31. The van der Waals surface area contributed by atoms with Crippen LogP contribution in [0, 0.1) is 6.92 Å². The minimum Gasteiger partial charge on any atom is -0.496 e. The summed E-state index contributed by atoms with van der Waals surface area (Å²) in [5.74, 6) is 0.473. The number of esters is 1. The van der Waals surface area contributed by atoms with Crippen LogP contribution in [-0.4, -0.2) is 31.2 Å². The van der Waals surface area contributed by atoms with E-state index < -0.39 is 6.04 Å². The number of aryl methyl sites for hydroxylation is 1. The molecule has 2 heterocycles. The summed E-state index contributed by atoms with van der Waals surface area (Å²) in [6, 6.07) is 11.2. The zero-order valence-corrected chi connectivity index (χ0v) is 16.2. The minimum absolute atomic E-state index is 0.266. The summed E-state index contributed by atoms with van der Waals surface area (Å²) in [7, 11) is 3.06. The number of nitrogens with one attached hydrogen (secondary N) is 2. The van der Waals surface area contributed by atoms with Crippen molar-refractivity contribution in [3.8, 4) is 5.75 Å². The number of rotatable bonds is 3. The first-order valence-electron chi connectivity index (χ1n) is 8.81. The molecule has 1 aromatic heterocycles. The third-order valence-corrected chi connectivity index (χ3v) is 5.40. The highest BCUT2D eigenvalue weighted by Crippen LogP contribution is 2.40. The summed E-state index contributed by atoms with van der Waals surface area (Å²) < 4.78 is 10.7. The van der Waals surface area contributed by atoms with Gasteiger partial charge in [0.25, 0.3) is 0 Å². The van der Waals surface area contributed by atoms with Crippen LogP contribution in [0.2, 0.25) is 5.02 Å². The summed E-state index contributed by atoms with van der Waals surface area (Å²) in [6.07, 6.45) is 0.560. The molecule has 2 unspecified atom stereocenters. The van der Waals surface area contributed by atoms with Gasteiger partial charge in [0, 0.05) is 33.6 Å². The number of ether oxygens (including phenoxy) is 2. The molecule has 0 bridgehead atoms. The van der Waals surface area contributed by atoms with Gasteiger partial charge in [-0.2, -0.15) is 0 Å². The zero-order chi connectivity index (χ0) is 19.1. The van der Waals surface area contributed by atoms with Gasteiger partial charge in [-0.1, -0.05) is 29.8 Å². The molecule has 0 spiro atoms. The Morgan fingerprint density at radius 1 is 1.22 bits per heavy atom. The lowest BCUT2D eigenvalue weighted by atomic mass is 9.89. The van der Waals surface area contributed by atoms with E-state index in [0.717, 1.165) is 39.0 Å². The Balaban J connectivity index is 1.94. The molecule has 140 valence electrons. The molecule has 0 amide bonds. The van der Waals surface area contributed by atoms with Crippen molar-refractivity contribution < 1.29 is 14.3 Å². The van der Waals surface area contributed by atoms with Crippen LogP contribution in [-0.2, 0) is 16.0 Å². The molecule has 2 N–H and O–H groups in total. The van der Waals surface area contributed by atoms with Crippen LogP contribution in [0.15, 0.2) is 36.4 Å². The molecule has 6 heteroatoms. The van der Waals surface area contributed by atoms with E-state index in [0.29, 0.717) is 11.4 Å². The number of para-hydroxylation sites is 1. The van der Waals surface area contributed by atoms with Gasteiger partial charge in [-0.3, -0.25) is 10.1 Å². The van der Waals surface area contributed by atoms with Crippen LogP contribution in [0.3, 0.4) is 0 Å². The second-order valence-corrected chi connectivity index (χ2v) is 7.22. The Labute approximate surface area is 162 Å². The molecule has 4 rings (SSSR count). The largest absolute Gasteiger partial charge is 0.496 e. The number of hydrogen-bond donors (Lipinski definition) is 2. The number of aromatic amines is 1. The van der Waals surface area contributed by atoms with Gasteiger partial charge in [-0.05, 0) is 36.2 Å². The molecule has 3 aromatic rings. The minimum atomic E-state index is -0.448. The molecule has 2 atom stereocenters. The Morgan fingerprint density at radius 2 is 2.00 bits per heavy atom. The number of fused-ring (bicyclic) bond motifs is 3. The van der Waals surface area contributed by atoms with E-state index in [4.69, 9.17) is 21.1 Å². The number of benzene rings is 2. The molecule has 0 saturated heterocycles. The van der Waals surface area contributed by atoms with Crippen molar-refractivity contribution in [2.75, 3.05) is 14.2 Å². The number of carbonyl (C=O) groups is 1. The third kappa shape index (κ3) is 2.97. The summed E-state index contributed by atoms with van der Waals surface area (Å²) in [5.41, 5.74) is 5.02. The normalized spacial score (nSPS) is 19.0. The van der Waals surface area contributed by atoms with Crippen LogP contribution in [0.25, 0.3) is 10.9 Å². The second kappa shape index (κ2) is 6.91. The van der Waals surface area contributed by atoms with E-state index in [1.54, 1.807) is 7.11 Å². The van der Waals surface area contributed by atoms with Gasteiger partial charge in [-0.25, -0.2) is 0 Å². The smallest absolute Gasteiger partial charge is 0.323 e. The van der Waals surface area contributed by atoms with Crippen molar-refractivity contribution in [3.63, 3.8) is 0 Å². The van der Waals surface area contributed by atoms with Crippen LogP contribution < -0.4 is 10.1 Å². The van der Waals surface area contributed by atoms with Crippen LogP contribution in [0.1, 0.15) is 28.4 Å². The van der Waals surface area contributed by atoms with Gasteiger partial charge < -0.3 is 14.5 Å². The Morgan fingerprint density at radius 3 is 2.74 bits per heavy atom. The van der Waals surface area contributed by atoms with Gasteiger partial charge in [0.2, 0.25) is 0 Å². The molecular formula is C21H21ClN2O3. The van der Waals surface area contributed by atoms with E-state index >= 15 is 0 Å². The average molecular weight is 385 g/mol. The maximum Gasteiger partial charge on any atom is 0.323 e. The van der Waals surface area contributed by atoms with Crippen LogP contribution in [0.5, 0.6) is 5.75 Å². The standard InChI is InChI=1S/C21H21ClN2O3/c1-11-8-12(22)9-15(20(11)26-2)19-18-14(10-17(24-19)21(25)27-3)13-6-4-5-7-16(13)23-18/h4-9,17,19,23-24H,10H2,1-3H3. The van der Waals surface area contributed by atoms with Crippen molar-refractivity contribution in [2.24, 2.45) is 0 Å². The highest BCUT2D eigenvalue weighted by Gasteiger charge is 2.36. The van der Waals surface area contributed by atoms with Crippen LogP contribution in [0.4, 0.5) is 0 Å². The molecule has 0 radical (unpaired) electrons. The van der Waals surface area contributed by atoms with E-state index in [-0.39, 0.29) is 12.0 Å². The quantitative estimate of drug-likeness (QED) is 0.672. The molecule has 0 saturated carbocycles. The fourth-order valence-corrected chi connectivity index (χ4v) is 4.30. The zero-order valence-electron chi connectivity index (χ0n) is 15.4. The molecule has 1 aliphatic rings. The monoisotopic (exact) mass is 384 g/mol. The first kappa shape index (κ1) is 17.9. The molecular weight excluding hydrogens is 364 g/mol. The number of halogens is 1. The topological polar surface area (TPSA) is 63.4 Å². The lowest BCUT2D eigenvalue weighted by Crippen LogP contribution is -2.45. The third-order valence-electron chi connectivity index (χ3n) is 5.18. The predicted molar refractivity (Wildman–Crippen MR) is 106 cm³/mol. The maximum absolute atomic E-state index is 12.3. The molecule has 5 nitrogen and oxygen atoms in total. The van der Waals surface area contributed by atoms with Crippen molar-refractivity contribution in [3.05, 3.63) is 63.8 Å². The van der Waals surface area contributed by atoms with Crippen molar-refractivity contribution in [1.82, 2.24) is 10.3 Å². The number of methoxy groups -OCH3 is 2. The number of carbonyl (C=O) groups excluding carboxylic acids is 1. The molecule has 0 fully saturated rings. The maximum atomic E-state index is 12.3. The molecule has 0 aliphatic carbocycles. The SMILES string of the molecule is COC(=O)C1Cc2c([nH]c3ccccc23)C(c2cc(Cl)cc(C)c2OC)N1. The lowest BCUT2D eigenvalue weighted by molar-refractivity contribution is -0.143. The highest BCUT2D eigenvalue weighted by atomic mass is 35.5. The van der Waals surface area contributed by atoms with E-state index in [9.17, 15) is 4.79 Å². The van der Waals surface area contributed by atoms with Crippen molar-refractivity contribution in [2.45, 2.75) is 25.4 Å². The molecule has 1 aliphatic heterocycles. The van der Waals surface area contributed by atoms with Gasteiger partial charge in [-0.15, -0.1) is 0 Å². The van der Waals surface area contributed by atoms with Crippen molar-refractivity contribution >= 4 is 28.5 Å². The van der Waals surface area contributed by atoms with Gasteiger partial charge in [0.1, 0.15) is 11.8 Å². The number of hydrogen-bond acceptors (Lipinski definition) is 4. The fraction of sp³-hybridized carbons (Fsp3) is 0.286. The summed E-state index contributed by atoms with van der Waals surface area (Å²) in [5, 5.41) is 5.17. The molecule has 2 aromatic carbocycles. The van der Waals surface area contributed by atoms with E-state index in [1.807, 2.05) is 37.3 Å². The van der Waals surface area contributed by atoms with Crippen molar-refractivity contribution in [1.29, 1.82) is 0 Å². The van der Waals surface area contributed by atoms with E-state index in [1.165, 1.54) is 7.11 Å². The van der Waals surface area contributed by atoms with E-state index in [2.05, 4.69) is 16.4 Å². The number of aromatic nitrogens is 1. The fourth-order valence-electron chi connectivity index (χ4n) is 4.02. The molecule has 27 heavy (non-hydrogen) atoms. The Hall–Kier alpha value is -2.50. The van der Waals surface area contributed by atoms with Gasteiger partial charge >= 0.3 is 5.97 Å². The first-order valence-corrected chi connectivity index (χ1v) is 9.18. The predicted octanol–water partition coefficient (Wildman–Crippen LogP) is 3.92. The number of H-pyrrole nitrogens is 1. The Kier molecular flexibility index (Phi) is 4.58. The summed E-state index contributed by atoms with van der Waals surface area (Å²) in [6.45, 7) is 1.96. The Bertz CT molecular complexity index is 1030. The average Bonchev–Trinajstić information content (AvgIpc) is 3.04. The van der Waals surface area contributed by atoms with Gasteiger partial charge in [0.15, 0.2) is 0 Å². The summed E-state index contributed by atoms with van der Waals surface area (Å²) in [4.78, 5) is 15.9.